The second-order valence-electron chi connectivity index (χ2n) is 6.55. The Morgan fingerprint density at radius 2 is 1.93 bits per heavy atom. The van der Waals surface area contributed by atoms with Crippen LogP contribution in [0, 0.1) is 0 Å². The quantitative estimate of drug-likeness (QED) is 0.366. The van der Waals surface area contributed by atoms with Gasteiger partial charge in [-0.3, -0.25) is 4.90 Å². The minimum absolute atomic E-state index is 0.00375. The van der Waals surface area contributed by atoms with Gasteiger partial charge in [0.05, 0.1) is 20.8 Å². The highest BCUT2D eigenvalue weighted by molar-refractivity contribution is 5.80. The third kappa shape index (κ3) is 6.06. The van der Waals surface area contributed by atoms with Crippen molar-refractivity contribution in [2.45, 2.75) is 32.4 Å². The van der Waals surface area contributed by atoms with Crippen LogP contribution in [0.4, 0.5) is 0 Å². The molecule has 27 heavy (non-hydrogen) atoms. The summed E-state index contributed by atoms with van der Waals surface area (Å²) in [5.74, 6) is 1.56. The molecule has 2 rings (SSSR count). The average Bonchev–Trinajstić information content (AvgIpc) is 2.68. The fourth-order valence-corrected chi connectivity index (χ4v) is 3.17. The molecule has 1 aromatic rings. The minimum Gasteiger partial charge on any atom is -0.502 e. The van der Waals surface area contributed by atoms with Gasteiger partial charge < -0.3 is 25.2 Å². The lowest BCUT2D eigenvalue weighted by Crippen LogP contribution is -2.48. The van der Waals surface area contributed by atoms with E-state index in [1.165, 1.54) is 14.2 Å². The molecule has 1 aromatic carbocycles. The van der Waals surface area contributed by atoms with Crippen LogP contribution in [0.2, 0.25) is 0 Å². The number of aromatic hydroxyl groups is 1. The van der Waals surface area contributed by atoms with Gasteiger partial charge in [-0.15, -0.1) is 6.58 Å². The van der Waals surface area contributed by atoms with Gasteiger partial charge in [0.2, 0.25) is 5.75 Å². The minimum atomic E-state index is 0.00375. The normalized spacial score (nSPS) is 16.0. The molecule has 0 saturated carbocycles. The lowest BCUT2D eigenvalue weighted by atomic mass is 10.1. The van der Waals surface area contributed by atoms with Crippen molar-refractivity contribution < 1.29 is 14.6 Å². The second kappa shape index (κ2) is 10.7. The van der Waals surface area contributed by atoms with E-state index in [1.807, 2.05) is 6.08 Å². The fraction of sp³-hybridized carbons (Fsp3) is 0.550. The Kier molecular flexibility index (Phi) is 8.26. The first-order chi connectivity index (χ1) is 13.1. The molecule has 0 amide bonds. The van der Waals surface area contributed by atoms with Gasteiger partial charge in [0.25, 0.3) is 0 Å². The zero-order valence-corrected chi connectivity index (χ0v) is 16.6. The molecule has 1 saturated heterocycles. The Labute approximate surface area is 162 Å². The van der Waals surface area contributed by atoms with Crippen molar-refractivity contribution >= 4 is 5.96 Å². The number of aliphatic imine (C=N–C) groups is 1. The molecule has 150 valence electrons. The van der Waals surface area contributed by atoms with Crippen LogP contribution in [0.3, 0.4) is 0 Å². The van der Waals surface area contributed by atoms with E-state index >= 15 is 0 Å². The van der Waals surface area contributed by atoms with Crippen LogP contribution < -0.4 is 20.1 Å². The van der Waals surface area contributed by atoms with Crippen molar-refractivity contribution in [2.24, 2.45) is 4.99 Å². The molecule has 3 N–H and O–H groups in total. The van der Waals surface area contributed by atoms with Gasteiger partial charge in [0, 0.05) is 32.2 Å². The van der Waals surface area contributed by atoms with Gasteiger partial charge in [-0.1, -0.05) is 6.08 Å². The van der Waals surface area contributed by atoms with Crippen molar-refractivity contribution in [3.63, 3.8) is 0 Å². The van der Waals surface area contributed by atoms with E-state index in [4.69, 9.17) is 9.47 Å². The maximum atomic E-state index is 10.0. The number of likely N-dealkylation sites (tertiary alicyclic amines) is 1. The molecule has 1 aliphatic rings. The first-order valence-corrected chi connectivity index (χ1v) is 9.43. The topological polar surface area (TPSA) is 78.4 Å². The summed E-state index contributed by atoms with van der Waals surface area (Å²) >= 11 is 0. The molecular formula is C20H32N4O3. The second-order valence-corrected chi connectivity index (χ2v) is 6.55. The molecule has 0 spiro atoms. The van der Waals surface area contributed by atoms with Gasteiger partial charge in [-0.05, 0) is 37.5 Å². The van der Waals surface area contributed by atoms with Crippen LogP contribution in [0.1, 0.15) is 25.3 Å². The third-order valence-corrected chi connectivity index (χ3v) is 4.62. The Morgan fingerprint density at radius 3 is 2.44 bits per heavy atom. The van der Waals surface area contributed by atoms with Crippen LogP contribution in [-0.4, -0.2) is 62.4 Å². The van der Waals surface area contributed by atoms with Gasteiger partial charge in [0.1, 0.15) is 0 Å². The number of nitrogens with one attached hydrogen (secondary N) is 2. The Bertz CT molecular complexity index is 615. The number of benzene rings is 1. The van der Waals surface area contributed by atoms with E-state index in [0.29, 0.717) is 24.1 Å². The summed E-state index contributed by atoms with van der Waals surface area (Å²) in [5.41, 5.74) is 0.902. The highest BCUT2D eigenvalue weighted by Crippen LogP contribution is 2.37. The van der Waals surface area contributed by atoms with E-state index in [0.717, 1.165) is 50.5 Å². The lowest BCUT2D eigenvalue weighted by molar-refractivity contribution is 0.225. The summed E-state index contributed by atoms with van der Waals surface area (Å²) in [6.45, 7) is 10.2. The maximum Gasteiger partial charge on any atom is 0.200 e. The summed E-state index contributed by atoms with van der Waals surface area (Å²) in [4.78, 5) is 7.09. The number of guanidine groups is 1. The van der Waals surface area contributed by atoms with Crippen LogP contribution in [0.5, 0.6) is 17.2 Å². The zero-order valence-electron chi connectivity index (χ0n) is 16.6. The molecule has 0 atom stereocenters. The van der Waals surface area contributed by atoms with Gasteiger partial charge in [0.15, 0.2) is 17.5 Å². The number of hydrogen-bond acceptors (Lipinski definition) is 5. The molecule has 0 radical (unpaired) electrons. The Hall–Kier alpha value is -2.41. The van der Waals surface area contributed by atoms with Crippen molar-refractivity contribution in [2.75, 3.05) is 40.4 Å². The number of nitrogens with zero attached hydrogens (tertiary/aromatic N) is 2. The molecule has 1 aliphatic heterocycles. The molecule has 0 aromatic heterocycles. The predicted octanol–water partition coefficient (Wildman–Crippen LogP) is 2.11. The van der Waals surface area contributed by atoms with Crippen LogP contribution in [0.15, 0.2) is 29.8 Å². The average molecular weight is 377 g/mol. The van der Waals surface area contributed by atoms with E-state index in [-0.39, 0.29) is 5.75 Å². The summed E-state index contributed by atoms with van der Waals surface area (Å²) in [7, 11) is 3.04. The molecule has 7 heteroatoms. The van der Waals surface area contributed by atoms with Gasteiger partial charge >= 0.3 is 0 Å². The number of phenols is 1. The van der Waals surface area contributed by atoms with Gasteiger partial charge in [-0.25, -0.2) is 4.99 Å². The molecule has 0 aliphatic carbocycles. The molecular weight excluding hydrogens is 344 g/mol. The molecule has 0 bridgehead atoms. The molecule has 0 unspecified atom stereocenters. The molecule has 7 nitrogen and oxygen atoms in total. The smallest absolute Gasteiger partial charge is 0.200 e. The number of ether oxygens (including phenoxy) is 2. The Morgan fingerprint density at radius 1 is 1.30 bits per heavy atom. The highest BCUT2D eigenvalue weighted by atomic mass is 16.5. The number of hydrogen-bond donors (Lipinski definition) is 3. The van der Waals surface area contributed by atoms with Crippen LogP contribution >= 0.6 is 0 Å². The van der Waals surface area contributed by atoms with Crippen LogP contribution in [0.25, 0.3) is 0 Å². The number of rotatable bonds is 8. The number of methoxy groups -OCH3 is 2. The van der Waals surface area contributed by atoms with Crippen molar-refractivity contribution in [1.29, 1.82) is 0 Å². The van der Waals surface area contributed by atoms with Crippen molar-refractivity contribution in [3.05, 3.63) is 30.4 Å². The standard InChI is InChI=1S/C20H32N4O3/c1-5-9-24-10-7-16(8-11-24)23-20(21-6-2)22-14-15-12-17(26-3)19(25)18(13-15)27-4/h5,12-13,16,25H,1,6-11,14H2,2-4H3,(H2,21,22,23). The van der Waals surface area contributed by atoms with Crippen molar-refractivity contribution in [1.82, 2.24) is 15.5 Å². The molecule has 1 fully saturated rings. The van der Waals surface area contributed by atoms with Crippen molar-refractivity contribution in [3.8, 4) is 17.2 Å². The lowest BCUT2D eigenvalue weighted by Gasteiger charge is -2.32. The number of piperidine rings is 1. The van der Waals surface area contributed by atoms with Gasteiger partial charge in [-0.2, -0.15) is 0 Å². The predicted molar refractivity (Wildman–Crippen MR) is 109 cm³/mol. The molecule has 1 heterocycles. The fourth-order valence-electron chi connectivity index (χ4n) is 3.17. The summed E-state index contributed by atoms with van der Waals surface area (Å²) < 4.78 is 10.4. The van der Waals surface area contributed by atoms with Crippen LogP contribution in [-0.2, 0) is 6.54 Å². The van der Waals surface area contributed by atoms with E-state index in [9.17, 15) is 5.11 Å². The summed E-state index contributed by atoms with van der Waals surface area (Å²) in [6.07, 6.45) is 4.12. The van der Waals surface area contributed by atoms with E-state index in [1.54, 1.807) is 12.1 Å². The maximum absolute atomic E-state index is 10.0. The Balaban J connectivity index is 2.02. The first kappa shape index (κ1) is 20.9. The summed E-state index contributed by atoms with van der Waals surface area (Å²) in [5, 5.41) is 16.9. The van der Waals surface area contributed by atoms with E-state index in [2.05, 4.69) is 34.0 Å². The summed E-state index contributed by atoms with van der Waals surface area (Å²) in [6, 6.07) is 3.96. The third-order valence-electron chi connectivity index (χ3n) is 4.62. The number of phenolic OH excluding ortho intramolecular Hbond substituents is 1. The first-order valence-electron chi connectivity index (χ1n) is 9.43. The van der Waals surface area contributed by atoms with E-state index < -0.39 is 0 Å². The SMILES string of the molecule is C=CCN1CCC(NC(=NCc2cc(OC)c(O)c(OC)c2)NCC)CC1. The monoisotopic (exact) mass is 376 g/mol. The largest absolute Gasteiger partial charge is 0.502 e. The zero-order chi connectivity index (χ0) is 19.6. The highest BCUT2D eigenvalue weighted by Gasteiger charge is 2.19.